The number of alkyl carbamates (subject to hydrolysis) is 1. The van der Waals surface area contributed by atoms with Crippen molar-refractivity contribution in [1.82, 2.24) is 5.32 Å². The third kappa shape index (κ3) is 9.81. The van der Waals surface area contributed by atoms with Crippen molar-refractivity contribution in [1.29, 1.82) is 0 Å². The van der Waals surface area contributed by atoms with Crippen LogP contribution in [0.5, 0.6) is 0 Å². The first-order chi connectivity index (χ1) is 7.20. The predicted octanol–water partition coefficient (Wildman–Crippen LogP) is 3.73. The van der Waals surface area contributed by atoms with E-state index in [-0.39, 0.29) is 12.1 Å². The predicted molar refractivity (Wildman–Crippen MR) is 67.5 cm³/mol. The van der Waals surface area contributed by atoms with Gasteiger partial charge in [-0.3, -0.25) is 0 Å². The van der Waals surface area contributed by atoms with Crippen molar-refractivity contribution in [3.8, 4) is 0 Å². The second-order valence-corrected chi connectivity index (χ2v) is 5.87. The summed E-state index contributed by atoms with van der Waals surface area (Å²) in [7, 11) is 0. The topological polar surface area (TPSA) is 38.3 Å². The van der Waals surface area contributed by atoms with Gasteiger partial charge in [-0.15, -0.1) is 0 Å². The molecule has 3 heteroatoms. The van der Waals surface area contributed by atoms with Gasteiger partial charge in [-0.1, -0.05) is 26.7 Å². The van der Waals surface area contributed by atoms with Crippen LogP contribution in [0.1, 0.15) is 60.8 Å². The Labute approximate surface area is 99.9 Å². The molecule has 0 aliphatic rings. The minimum atomic E-state index is -0.415. The molecule has 0 aliphatic heterocycles. The first-order valence-electron chi connectivity index (χ1n) is 6.20. The van der Waals surface area contributed by atoms with E-state index in [0.29, 0.717) is 0 Å². The molecule has 1 atom stereocenters. The highest BCUT2D eigenvalue weighted by molar-refractivity contribution is 5.67. The number of nitrogens with one attached hydrogen (secondary N) is 1. The van der Waals surface area contributed by atoms with Crippen LogP contribution in [0.4, 0.5) is 4.79 Å². The standard InChI is InChI=1S/C13H27NO2/c1-10(2)8-7-9-11(3)14-12(15)16-13(4,5)6/h10-11H,7-9H2,1-6H3,(H,14,15). The number of rotatable bonds is 5. The lowest BCUT2D eigenvalue weighted by Gasteiger charge is -2.22. The van der Waals surface area contributed by atoms with Crippen molar-refractivity contribution in [2.45, 2.75) is 72.4 Å². The number of carbonyl (C=O) groups is 1. The SMILES string of the molecule is CC(C)CCCC(C)NC(=O)OC(C)(C)C. The molecule has 1 N–H and O–H groups in total. The van der Waals surface area contributed by atoms with Gasteiger partial charge in [0.05, 0.1) is 0 Å². The molecular formula is C13H27NO2. The average Bonchev–Trinajstić information content (AvgIpc) is 1.98. The maximum absolute atomic E-state index is 11.4. The summed E-state index contributed by atoms with van der Waals surface area (Å²) in [6.07, 6.45) is 3.05. The Morgan fingerprint density at radius 2 is 1.75 bits per heavy atom. The fourth-order valence-corrected chi connectivity index (χ4v) is 1.41. The second kappa shape index (κ2) is 6.77. The van der Waals surface area contributed by atoms with Crippen LogP contribution in [0.25, 0.3) is 0 Å². The largest absolute Gasteiger partial charge is 0.444 e. The Kier molecular flexibility index (Phi) is 6.46. The van der Waals surface area contributed by atoms with Crippen LogP contribution in [-0.4, -0.2) is 17.7 Å². The van der Waals surface area contributed by atoms with Crippen LogP contribution >= 0.6 is 0 Å². The lowest BCUT2D eigenvalue weighted by atomic mass is 10.0. The lowest BCUT2D eigenvalue weighted by Crippen LogP contribution is -2.37. The molecule has 1 unspecified atom stereocenters. The van der Waals surface area contributed by atoms with Crippen molar-refractivity contribution in [3.63, 3.8) is 0 Å². The molecule has 0 radical (unpaired) electrons. The van der Waals surface area contributed by atoms with Crippen LogP contribution in [0.3, 0.4) is 0 Å². The third-order valence-electron chi connectivity index (χ3n) is 2.18. The number of ether oxygens (including phenoxy) is 1. The summed E-state index contributed by atoms with van der Waals surface area (Å²) in [5.41, 5.74) is -0.415. The van der Waals surface area contributed by atoms with Crippen LogP contribution in [0.15, 0.2) is 0 Å². The van der Waals surface area contributed by atoms with Gasteiger partial charge in [0.2, 0.25) is 0 Å². The van der Waals surface area contributed by atoms with E-state index in [2.05, 4.69) is 19.2 Å². The van der Waals surface area contributed by atoms with E-state index in [0.717, 1.165) is 18.8 Å². The van der Waals surface area contributed by atoms with E-state index in [1.165, 1.54) is 6.42 Å². The summed E-state index contributed by atoms with van der Waals surface area (Å²) in [5, 5.41) is 2.85. The summed E-state index contributed by atoms with van der Waals surface area (Å²) in [6.45, 7) is 12.1. The zero-order valence-corrected chi connectivity index (χ0v) is 11.6. The average molecular weight is 229 g/mol. The summed E-state index contributed by atoms with van der Waals surface area (Å²) in [6, 6.07) is 0.189. The van der Waals surface area contributed by atoms with Crippen molar-refractivity contribution < 1.29 is 9.53 Å². The van der Waals surface area contributed by atoms with Gasteiger partial charge in [0.1, 0.15) is 5.60 Å². The second-order valence-electron chi connectivity index (χ2n) is 5.87. The fourth-order valence-electron chi connectivity index (χ4n) is 1.41. The van der Waals surface area contributed by atoms with Gasteiger partial charge < -0.3 is 10.1 Å². The number of amides is 1. The maximum Gasteiger partial charge on any atom is 0.407 e. The zero-order chi connectivity index (χ0) is 12.8. The molecule has 96 valence electrons. The van der Waals surface area contributed by atoms with Crippen molar-refractivity contribution in [3.05, 3.63) is 0 Å². The van der Waals surface area contributed by atoms with E-state index in [9.17, 15) is 4.79 Å². The van der Waals surface area contributed by atoms with Gasteiger partial charge in [-0.25, -0.2) is 4.79 Å². The zero-order valence-electron chi connectivity index (χ0n) is 11.6. The Bertz CT molecular complexity index is 206. The molecule has 0 fully saturated rings. The highest BCUT2D eigenvalue weighted by atomic mass is 16.6. The molecule has 0 aromatic carbocycles. The van der Waals surface area contributed by atoms with Crippen molar-refractivity contribution in [2.24, 2.45) is 5.92 Å². The minimum Gasteiger partial charge on any atom is -0.444 e. The molecule has 3 nitrogen and oxygen atoms in total. The van der Waals surface area contributed by atoms with E-state index >= 15 is 0 Å². The molecule has 0 spiro atoms. The minimum absolute atomic E-state index is 0.189. The normalized spacial score (nSPS) is 13.7. The van der Waals surface area contributed by atoms with E-state index in [1.54, 1.807) is 0 Å². The van der Waals surface area contributed by atoms with Gasteiger partial charge in [0.15, 0.2) is 0 Å². The number of hydrogen-bond donors (Lipinski definition) is 1. The van der Waals surface area contributed by atoms with E-state index < -0.39 is 5.60 Å². The molecule has 0 aliphatic carbocycles. The summed E-state index contributed by atoms with van der Waals surface area (Å²) in [5.74, 6) is 0.730. The van der Waals surface area contributed by atoms with E-state index in [4.69, 9.17) is 4.74 Å². The van der Waals surface area contributed by atoms with Gasteiger partial charge in [-0.05, 0) is 40.0 Å². The summed E-state index contributed by atoms with van der Waals surface area (Å²) < 4.78 is 5.19. The molecule has 0 aromatic heterocycles. The Balaban J connectivity index is 3.70. The Morgan fingerprint density at radius 3 is 2.19 bits per heavy atom. The van der Waals surface area contributed by atoms with Gasteiger partial charge in [0, 0.05) is 6.04 Å². The van der Waals surface area contributed by atoms with Crippen LogP contribution in [0.2, 0.25) is 0 Å². The van der Waals surface area contributed by atoms with Crippen LogP contribution < -0.4 is 5.32 Å². The summed E-state index contributed by atoms with van der Waals surface area (Å²) >= 11 is 0. The molecule has 0 rings (SSSR count). The molecule has 0 bridgehead atoms. The smallest absolute Gasteiger partial charge is 0.407 e. The van der Waals surface area contributed by atoms with Gasteiger partial charge in [0.25, 0.3) is 0 Å². The molecule has 0 aromatic rings. The summed E-state index contributed by atoms with van der Waals surface area (Å²) in [4.78, 5) is 11.4. The van der Waals surface area contributed by atoms with Crippen LogP contribution in [0, 0.1) is 5.92 Å². The first kappa shape index (κ1) is 15.3. The van der Waals surface area contributed by atoms with E-state index in [1.807, 2.05) is 27.7 Å². The van der Waals surface area contributed by atoms with Crippen LogP contribution in [-0.2, 0) is 4.74 Å². The maximum atomic E-state index is 11.4. The monoisotopic (exact) mass is 229 g/mol. The molecule has 16 heavy (non-hydrogen) atoms. The highest BCUT2D eigenvalue weighted by Gasteiger charge is 2.17. The van der Waals surface area contributed by atoms with Crippen molar-refractivity contribution >= 4 is 6.09 Å². The molecular weight excluding hydrogens is 202 g/mol. The van der Waals surface area contributed by atoms with Crippen molar-refractivity contribution in [2.75, 3.05) is 0 Å². The Hall–Kier alpha value is -0.730. The Morgan fingerprint density at radius 1 is 1.19 bits per heavy atom. The van der Waals surface area contributed by atoms with Gasteiger partial charge in [-0.2, -0.15) is 0 Å². The number of hydrogen-bond acceptors (Lipinski definition) is 2. The molecule has 1 amide bonds. The lowest BCUT2D eigenvalue weighted by molar-refractivity contribution is 0.0505. The molecule has 0 heterocycles. The quantitative estimate of drug-likeness (QED) is 0.780. The molecule has 0 saturated heterocycles. The third-order valence-corrected chi connectivity index (χ3v) is 2.18. The number of carbonyl (C=O) groups excluding carboxylic acids is 1. The highest BCUT2D eigenvalue weighted by Crippen LogP contribution is 2.10. The van der Waals surface area contributed by atoms with Gasteiger partial charge >= 0.3 is 6.09 Å². The fraction of sp³-hybridized carbons (Fsp3) is 0.923. The first-order valence-corrected chi connectivity index (χ1v) is 6.20. The molecule has 0 saturated carbocycles.